The summed E-state index contributed by atoms with van der Waals surface area (Å²) in [6.45, 7) is 3.34. The van der Waals surface area contributed by atoms with Crippen molar-refractivity contribution < 1.29 is 13.2 Å². The molecular weight excluding hydrogens is 342 g/mol. The van der Waals surface area contributed by atoms with Gasteiger partial charge in [0.25, 0.3) is 0 Å². The molecule has 0 bridgehead atoms. The molecule has 1 aliphatic rings. The summed E-state index contributed by atoms with van der Waals surface area (Å²) in [6.07, 6.45) is 3.03. The molecule has 0 unspecified atom stereocenters. The lowest BCUT2D eigenvalue weighted by atomic mass is 10.2. The summed E-state index contributed by atoms with van der Waals surface area (Å²) >= 11 is 0. The van der Waals surface area contributed by atoms with Gasteiger partial charge in [-0.25, -0.2) is 12.9 Å². The third-order valence-corrected chi connectivity index (χ3v) is 5.72. The summed E-state index contributed by atoms with van der Waals surface area (Å²) in [5.74, 6) is -0.152. The van der Waals surface area contributed by atoms with Gasteiger partial charge in [0.15, 0.2) is 0 Å². The lowest BCUT2D eigenvalue weighted by Gasteiger charge is -2.34. The SMILES string of the molecule is CN(CC(=O)N1CCN(Cc2cc3ccccn3n2)CC1)S(C)(=O)=O. The van der Waals surface area contributed by atoms with Gasteiger partial charge in [0.2, 0.25) is 15.9 Å². The van der Waals surface area contributed by atoms with Crippen LogP contribution in [-0.4, -0.2) is 84.1 Å². The first-order chi connectivity index (χ1) is 11.8. The maximum atomic E-state index is 12.2. The first-order valence-electron chi connectivity index (χ1n) is 8.18. The number of amides is 1. The van der Waals surface area contributed by atoms with Crippen molar-refractivity contribution in [2.45, 2.75) is 6.54 Å². The second-order valence-electron chi connectivity index (χ2n) is 6.38. The topological polar surface area (TPSA) is 78.2 Å². The van der Waals surface area contributed by atoms with Crippen LogP contribution < -0.4 is 0 Å². The molecule has 1 fully saturated rings. The molecular formula is C16H23N5O3S. The number of sulfonamides is 1. The zero-order chi connectivity index (χ0) is 18.0. The van der Waals surface area contributed by atoms with Crippen LogP contribution in [0.3, 0.4) is 0 Å². The quantitative estimate of drug-likeness (QED) is 0.738. The Morgan fingerprint density at radius 3 is 2.60 bits per heavy atom. The Bertz CT molecular complexity index is 823. The zero-order valence-corrected chi connectivity index (χ0v) is 15.3. The van der Waals surface area contributed by atoms with Gasteiger partial charge in [-0.15, -0.1) is 0 Å². The molecule has 1 amide bonds. The predicted molar refractivity (Wildman–Crippen MR) is 94.5 cm³/mol. The van der Waals surface area contributed by atoms with Crippen molar-refractivity contribution in [3.63, 3.8) is 0 Å². The average Bonchev–Trinajstić information content (AvgIpc) is 2.96. The summed E-state index contributed by atoms with van der Waals surface area (Å²) < 4.78 is 25.8. The molecule has 3 heterocycles. The van der Waals surface area contributed by atoms with E-state index < -0.39 is 10.0 Å². The molecule has 3 rings (SSSR count). The maximum Gasteiger partial charge on any atom is 0.237 e. The summed E-state index contributed by atoms with van der Waals surface area (Å²) in [6, 6.07) is 8.02. The van der Waals surface area contributed by atoms with Gasteiger partial charge in [-0.3, -0.25) is 9.69 Å². The highest BCUT2D eigenvalue weighted by molar-refractivity contribution is 7.88. The number of nitrogens with zero attached hydrogens (tertiary/aromatic N) is 5. The molecule has 0 radical (unpaired) electrons. The van der Waals surface area contributed by atoms with Crippen LogP contribution in [0, 0.1) is 0 Å². The van der Waals surface area contributed by atoms with Crippen molar-refractivity contribution in [2.24, 2.45) is 0 Å². The molecule has 1 saturated heterocycles. The van der Waals surface area contributed by atoms with Gasteiger partial charge >= 0.3 is 0 Å². The summed E-state index contributed by atoms with van der Waals surface area (Å²) in [4.78, 5) is 16.2. The third-order valence-electron chi connectivity index (χ3n) is 4.46. The first kappa shape index (κ1) is 17.8. The number of aromatic nitrogens is 2. The molecule has 2 aromatic heterocycles. The van der Waals surface area contributed by atoms with Crippen molar-refractivity contribution in [3.05, 3.63) is 36.2 Å². The van der Waals surface area contributed by atoms with Crippen LogP contribution in [0.4, 0.5) is 0 Å². The molecule has 1 aliphatic heterocycles. The van der Waals surface area contributed by atoms with Crippen LogP contribution in [0.2, 0.25) is 0 Å². The van der Waals surface area contributed by atoms with Crippen molar-refractivity contribution >= 4 is 21.4 Å². The van der Waals surface area contributed by atoms with E-state index in [1.165, 1.54) is 7.05 Å². The molecule has 25 heavy (non-hydrogen) atoms. The molecule has 0 atom stereocenters. The Morgan fingerprint density at radius 1 is 1.24 bits per heavy atom. The van der Waals surface area contributed by atoms with Crippen molar-refractivity contribution in [2.75, 3.05) is 46.0 Å². The lowest BCUT2D eigenvalue weighted by Crippen LogP contribution is -2.51. The van der Waals surface area contributed by atoms with Crippen LogP contribution >= 0.6 is 0 Å². The van der Waals surface area contributed by atoms with Crippen molar-refractivity contribution in [1.29, 1.82) is 0 Å². The number of hydrogen-bond donors (Lipinski definition) is 0. The number of hydrogen-bond acceptors (Lipinski definition) is 5. The van der Waals surface area contributed by atoms with Crippen molar-refractivity contribution in [1.82, 2.24) is 23.7 Å². The Balaban J connectivity index is 1.52. The molecule has 0 aliphatic carbocycles. The third kappa shape index (κ3) is 4.36. The average molecular weight is 365 g/mol. The van der Waals surface area contributed by atoms with Gasteiger partial charge in [0.05, 0.1) is 24.0 Å². The highest BCUT2D eigenvalue weighted by atomic mass is 32.2. The smallest absolute Gasteiger partial charge is 0.237 e. The minimum absolute atomic E-state index is 0.106. The van der Waals surface area contributed by atoms with E-state index in [9.17, 15) is 13.2 Å². The highest BCUT2D eigenvalue weighted by Crippen LogP contribution is 2.11. The van der Waals surface area contributed by atoms with E-state index in [2.05, 4.69) is 16.1 Å². The number of likely N-dealkylation sites (N-methyl/N-ethyl adjacent to an activating group) is 1. The predicted octanol–water partition coefficient (Wildman–Crippen LogP) is -0.130. The van der Waals surface area contributed by atoms with Crippen LogP contribution in [0.25, 0.3) is 5.52 Å². The van der Waals surface area contributed by atoms with E-state index >= 15 is 0 Å². The summed E-state index contributed by atoms with van der Waals surface area (Å²) in [5.41, 5.74) is 2.07. The van der Waals surface area contributed by atoms with E-state index in [1.807, 2.05) is 28.9 Å². The van der Waals surface area contributed by atoms with Crippen LogP contribution in [0.15, 0.2) is 30.5 Å². The standard InChI is InChI=1S/C16H23N5O3S/c1-18(25(2,23)24)13-16(22)20-9-7-19(8-10-20)12-14-11-15-5-3-4-6-21(15)17-14/h3-6,11H,7-10,12-13H2,1-2H3. The number of carbonyl (C=O) groups excluding carboxylic acids is 1. The molecule has 0 N–H and O–H groups in total. The number of pyridine rings is 1. The lowest BCUT2D eigenvalue weighted by molar-refractivity contribution is -0.133. The number of carbonyl (C=O) groups is 1. The summed E-state index contributed by atoms with van der Waals surface area (Å²) in [7, 11) is -1.91. The minimum atomic E-state index is -3.34. The fourth-order valence-electron chi connectivity index (χ4n) is 2.86. The van der Waals surface area contributed by atoms with E-state index in [0.717, 1.165) is 41.4 Å². The van der Waals surface area contributed by atoms with E-state index in [4.69, 9.17) is 0 Å². The fraction of sp³-hybridized carbons (Fsp3) is 0.500. The van der Waals surface area contributed by atoms with Crippen LogP contribution in [-0.2, 0) is 21.4 Å². The Kier molecular flexibility index (Phi) is 5.07. The molecule has 0 spiro atoms. The van der Waals surface area contributed by atoms with Gasteiger partial charge in [0, 0.05) is 46.0 Å². The monoisotopic (exact) mass is 365 g/mol. The Morgan fingerprint density at radius 2 is 1.96 bits per heavy atom. The molecule has 9 heteroatoms. The molecule has 0 aromatic carbocycles. The highest BCUT2D eigenvalue weighted by Gasteiger charge is 2.24. The van der Waals surface area contributed by atoms with Crippen molar-refractivity contribution in [3.8, 4) is 0 Å². The largest absolute Gasteiger partial charge is 0.339 e. The van der Waals surface area contributed by atoms with Gasteiger partial charge in [-0.2, -0.15) is 9.40 Å². The van der Waals surface area contributed by atoms with E-state index in [0.29, 0.717) is 13.1 Å². The zero-order valence-electron chi connectivity index (χ0n) is 14.5. The minimum Gasteiger partial charge on any atom is -0.339 e. The number of rotatable bonds is 5. The van der Waals surface area contributed by atoms with E-state index in [1.54, 1.807) is 4.90 Å². The second kappa shape index (κ2) is 7.11. The first-order valence-corrected chi connectivity index (χ1v) is 10.0. The van der Waals surface area contributed by atoms with Gasteiger partial charge in [-0.1, -0.05) is 6.07 Å². The Hall–Kier alpha value is -1.97. The van der Waals surface area contributed by atoms with Gasteiger partial charge in [0.1, 0.15) is 0 Å². The fourth-order valence-corrected chi connectivity index (χ4v) is 3.21. The van der Waals surface area contributed by atoms with Gasteiger partial charge < -0.3 is 4.90 Å². The molecule has 2 aromatic rings. The maximum absolute atomic E-state index is 12.2. The molecule has 136 valence electrons. The Labute approximate surface area is 147 Å². The number of fused-ring (bicyclic) bond motifs is 1. The second-order valence-corrected chi connectivity index (χ2v) is 8.47. The van der Waals surface area contributed by atoms with Crippen LogP contribution in [0.1, 0.15) is 5.69 Å². The van der Waals surface area contributed by atoms with Crippen LogP contribution in [0.5, 0.6) is 0 Å². The summed E-state index contributed by atoms with van der Waals surface area (Å²) in [5, 5.41) is 4.55. The van der Waals surface area contributed by atoms with Gasteiger partial charge in [-0.05, 0) is 18.2 Å². The van der Waals surface area contributed by atoms with E-state index in [-0.39, 0.29) is 12.5 Å². The molecule has 0 saturated carbocycles. The normalized spacial score (nSPS) is 16.7. The number of piperazine rings is 1. The molecule has 8 nitrogen and oxygen atoms in total.